The Labute approximate surface area is 141 Å². The molecule has 1 fully saturated rings. The molecule has 1 saturated carbocycles. The van der Waals surface area contributed by atoms with Crippen LogP contribution in [0.15, 0.2) is 42.6 Å². The Bertz CT molecular complexity index is 908. The van der Waals surface area contributed by atoms with Gasteiger partial charge in [0.25, 0.3) is 5.91 Å². The maximum atomic E-state index is 12.8. The van der Waals surface area contributed by atoms with Crippen LogP contribution in [0.4, 0.5) is 0 Å². The fourth-order valence-electron chi connectivity index (χ4n) is 3.31. The minimum Gasteiger partial charge on any atom is -0.350 e. The van der Waals surface area contributed by atoms with Gasteiger partial charge in [-0.2, -0.15) is 0 Å². The summed E-state index contributed by atoms with van der Waals surface area (Å²) in [4.78, 5) is 20.6. The first-order chi connectivity index (χ1) is 11.6. The topological polar surface area (TPSA) is 57.8 Å². The molecule has 0 aliphatic heterocycles. The van der Waals surface area contributed by atoms with Gasteiger partial charge in [-0.1, -0.05) is 24.3 Å². The van der Waals surface area contributed by atoms with Gasteiger partial charge in [0.1, 0.15) is 5.69 Å². The van der Waals surface area contributed by atoms with Gasteiger partial charge < -0.3 is 10.3 Å². The minimum atomic E-state index is -0.0625. The van der Waals surface area contributed by atoms with Crippen molar-refractivity contribution in [3.63, 3.8) is 0 Å². The second-order valence-electron chi connectivity index (χ2n) is 6.72. The van der Waals surface area contributed by atoms with Gasteiger partial charge in [0.05, 0.1) is 11.7 Å². The number of rotatable bonds is 4. The van der Waals surface area contributed by atoms with E-state index >= 15 is 0 Å². The van der Waals surface area contributed by atoms with Crippen LogP contribution >= 0.6 is 0 Å². The van der Waals surface area contributed by atoms with Crippen molar-refractivity contribution in [3.8, 4) is 0 Å². The molecule has 1 amide bonds. The number of hydrogen-bond acceptors (Lipinski definition) is 2. The number of aryl methyl sites for hydroxylation is 2. The fraction of sp³-hybridized carbons (Fsp3) is 0.300. The molecule has 4 heteroatoms. The van der Waals surface area contributed by atoms with Crippen molar-refractivity contribution in [2.45, 2.75) is 32.7 Å². The normalized spacial score (nSPS) is 15.4. The van der Waals surface area contributed by atoms with E-state index in [1.807, 2.05) is 37.3 Å². The molecule has 4 rings (SSSR count). The van der Waals surface area contributed by atoms with Gasteiger partial charge in [-0.3, -0.25) is 9.78 Å². The number of nitrogens with one attached hydrogen (secondary N) is 2. The molecule has 1 aromatic carbocycles. The summed E-state index contributed by atoms with van der Waals surface area (Å²) in [5.74, 6) is 0.432. The molecule has 1 aliphatic carbocycles. The van der Waals surface area contributed by atoms with E-state index in [0.29, 0.717) is 11.6 Å². The molecule has 0 radical (unpaired) electrons. The standard InChI is InChI=1S/C20H21N3O/c1-12-5-3-7-15-11-16(22-17(12)15)20(24)23-19(14-8-9-14)18-13(2)6-4-10-21-18/h3-7,10-11,14,19,22H,8-9H2,1-2H3,(H,23,24). The number of pyridine rings is 1. The number of fused-ring (bicyclic) bond motifs is 1. The Morgan fingerprint density at radius 3 is 2.71 bits per heavy atom. The number of H-pyrrole nitrogens is 1. The average molecular weight is 319 g/mol. The predicted molar refractivity (Wildman–Crippen MR) is 94.9 cm³/mol. The van der Waals surface area contributed by atoms with Crippen LogP contribution in [0, 0.1) is 19.8 Å². The Kier molecular flexibility index (Phi) is 3.60. The van der Waals surface area contributed by atoms with Crippen molar-refractivity contribution in [3.05, 3.63) is 65.1 Å². The third-order valence-corrected chi connectivity index (χ3v) is 4.83. The molecule has 2 N–H and O–H groups in total. The average Bonchev–Trinajstić information content (AvgIpc) is 3.31. The molecular weight excluding hydrogens is 298 g/mol. The maximum absolute atomic E-state index is 12.8. The summed E-state index contributed by atoms with van der Waals surface area (Å²) in [6.07, 6.45) is 4.09. The molecule has 1 aliphatic rings. The van der Waals surface area contributed by atoms with Crippen molar-refractivity contribution in [2.75, 3.05) is 0 Å². The Hall–Kier alpha value is -2.62. The van der Waals surface area contributed by atoms with Crippen LogP contribution < -0.4 is 5.32 Å². The predicted octanol–water partition coefficient (Wildman–Crippen LogP) is 4.06. The molecular formula is C20H21N3O. The number of aromatic amines is 1. The van der Waals surface area contributed by atoms with Gasteiger partial charge in [0.15, 0.2) is 0 Å². The number of para-hydroxylation sites is 1. The first-order valence-electron chi connectivity index (χ1n) is 8.44. The smallest absolute Gasteiger partial charge is 0.268 e. The number of nitrogens with zero attached hydrogens (tertiary/aromatic N) is 1. The maximum Gasteiger partial charge on any atom is 0.268 e. The zero-order chi connectivity index (χ0) is 16.7. The van der Waals surface area contributed by atoms with E-state index in [0.717, 1.165) is 40.6 Å². The summed E-state index contributed by atoms with van der Waals surface area (Å²) >= 11 is 0. The molecule has 3 aromatic rings. The van der Waals surface area contributed by atoms with Crippen molar-refractivity contribution >= 4 is 16.8 Å². The van der Waals surface area contributed by atoms with E-state index in [1.54, 1.807) is 6.20 Å². The van der Waals surface area contributed by atoms with E-state index in [2.05, 4.69) is 28.3 Å². The van der Waals surface area contributed by atoms with Crippen LogP contribution in [0.25, 0.3) is 10.9 Å². The molecule has 122 valence electrons. The van der Waals surface area contributed by atoms with Crippen molar-refractivity contribution in [1.82, 2.24) is 15.3 Å². The van der Waals surface area contributed by atoms with Crippen molar-refractivity contribution in [2.24, 2.45) is 5.92 Å². The molecule has 2 heterocycles. The number of carbonyl (C=O) groups is 1. The number of carbonyl (C=O) groups excluding carboxylic acids is 1. The number of hydrogen-bond donors (Lipinski definition) is 2. The highest BCUT2D eigenvalue weighted by Crippen LogP contribution is 2.41. The van der Waals surface area contributed by atoms with Crippen LogP contribution in [0.1, 0.15) is 46.2 Å². The lowest BCUT2D eigenvalue weighted by Gasteiger charge is -2.19. The van der Waals surface area contributed by atoms with Crippen LogP contribution in [0.5, 0.6) is 0 Å². The number of aromatic nitrogens is 2. The zero-order valence-corrected chi connectivity index (χ0v) is 14.0. The van der Waals surface area contributed by atoms with Gasteiger partial charge in [0, 0.05) is 17.1 Å². The van der Waals surface area contributed by atoms with Gasteiger partial charge in [0.2, 0.25) is 0 Å². The summed E-state index contributed by atoms with van der Waals surface area (Å²) in [5.41, 5.74) is 4.90. The largest absolute Gasteiger partial charge is 0.350 e. The molecule has 0 bridgehead atoms. The minimum absolute atomic E-state index is 0.00814. The summed E-state index contributed by atoms with van der Waals surface area (Å²) in [7, 11) is 0. The highest BCUT2D eigenvalue weighted by atomic mass is 16.2. The Balaban J connectivity index is 1.63. The third-order valence-electron chi connectivity index (χ3n) is 4.83. The monoisotopic (exact) mass is 319 g/mol. The lowest BCUT2D eigenvalue weighted by molar-refractivity contribution is 0.0926. The van der Waals surface area contributed by atoms with Crippen LogP contribution in [0.3, 0.4) is 0 Å². The summed E-state index contributed by atoms with van der Waals surface area (Å²) in [6, 6.07) is 12.0. The Morgan fingerprint density at radius 1 is 1.21 bits per heavy atom. The number of amides is 1. The molecule has 0 saturated heterocycles. The molecule has 1 unspecified atom stereocenters. The van der Waals surface area contributed by atoms with E-state index in [-0.39, 0.29) is 11.9 Å². The first-order valence-corrected chi connectivity index (χ1v) is 8.44. The van der Waals surface area contributed by atoms with Gasteiger partial charge in [-0.15, -0.1) is 0 Å². The first kappa shape index (κ1) is 14.9. The summed E-state index contributed by atoms with van der Waals surface area (Å²) in [5, 5.41) is 4.27. The van der Waals surface area contributed by atoms with Gasteiger partial charge >= 0.3 is 0 Å². The van der Waals surface area contributed by atoms with Crippen LogP contribution in [-0.2, 0) is 0 Å². The molecule has 24 heavy (non-hydrogen) atoms. The summed E-state index contributed by atoms with van der Waals surface area (Å²) in [6.45, 7) is 4.10. The lowest BCUT2D eigenvalue weighted by Crippen LogP contribution is -2.31. The summed E-state index contributed by atoms with van der Waals surface area (Å²) < 4.78 is 0. The van der Waals surface area contributed by atoms with Gasteiger partial charge in [-0.05, 0) is 55.9 Å². The molecule has 4 nitrogen and oxygen atoms in total. The van der Waals surface area contributed by atoms with Crippen molar-refractivity contribution in [1.29, 1.82) is 0 Å². The fourth-order valence-corrected chi connectivity index (χ4v) is 3.31. The van der Waals surface area contributed by atoms with E-state index < -0.39 is 0 Å². The van der Waals surface area contributed by atoms with Crippen LogP contribution in [0.2, 0.25) is 0 Å². The highest BCUT2D eigenvalue weighted by molar-refractivity contribution is 5.98. The quantitative estimate of drug-likeness (QED) is 0.762. The Morgan fingerprint density at radius 2 is 2.00 bits per heavy atom. The van der Waals surface area contributed by atoms with Crippen LogP contribution in [-0.4, -0.2) is 15.9 Å². The van der Waals surface area contributed by atoms with E-state index in [4.69, 9.17) is 0 Å². The SMILES string of the molecule is Cc1cccnc1C(NC(=O)c1cc2cccc(C)c2[nH]1)C1CC1. The zero-order valence-electron chi connectivity index (χ0n) is 14.0. The lowest BCUT2D eigenvalue weighted by atomic mass is 10.0. The third kappa shape index (κ3) is 2.68. The molecule has 0 spiro atoms. The second-order valence-corrected chi connectivity index (χ2v) is 6.72. The molecule has 1 atom stereocenters. The van der Waals surface area contributed by atoms with Gasteiger partial charge in [-0.25, -0.2) is 0 Å². The van der Waals surface area contributed by atoms with E-state index in [9.17, 15) is 4.79 Å². The van der Waals surface area contributed by atoms with Crippen molar-refractivity contribution < 1.29 is 4.79 Å². The molecule has 2 aromatic heterocycles. The highest BCUT2D eigenvalue weighted by Gasteiger charge is 2.35. The van der Waals surface area contributed by atoms with E-state index in [1.165, 1.54) is 0 Å². The second kappa shape index (κ2) is 5.78. The number of benzene rings is 1.